The lowest BCUT2D eigenvalue weighted by Gasteiger charge is -2.33. The minimum absolute atomic E-state index is 0.247. The molecular formula is C17H23NO5. The van der Waals surface area contributed by atoms with E-state index in [0.717, 1.165) is 11.3 Å². The number of benzene rings is 1. The first kappa shape index (κ1) is 17.3. The molecule has 126 valence electrons. The molecule has 0 radical (unpaired) electrons. The minimum Gasteiger partial charge on any atom is -0.494 e. The second-order valence-electron chi connectivity index (χ2n) is 5.62. The van der Waals surface area contributed by atoms with Crippen molar-refractivity contribution in [1.29, 1.82) is 0 Å². The van der Waals surface area contributed by atoms with Gasteiger partial charge >= 0.3 is 5.97 Å². The quantitative estimate of drug-likeness (QED) is 0.799. The number of aryl methyl sites for hydroxylation is 1. The Morgan fingerprint density at radius 1 is 1.26 bits per heavy atom. The number of carbonyl (C=O) groups is 2. The average Bonchev–Trinajstić information content (AvgIpc) is 2.55. The lowest BCUT2D eigenvalue weighted by Crippen LogP contribution is -2.57. The van der Waals surface area contributed by atoms with E-state index in [1.165, 1.54) is 0 Å². The highest BCUT2D eigenvalue weighted by atomic mass is 16.5. The fourth-order valence-corrected chi connectivity index (χ4v) is 2.62. The highest BCUT2D eigenvalue weighted by Crippen LogP contribution is 2.21. The molecule has 0 aliphatic carbocycles. The maximum atomic E-state index is 12.1. The third-order valence-electron chi connectivity index (χ3n) is 4.01. The molecule has 23 heavy (non-hydrogen) atoms. The van der Waals surface area contributed by atoms with E-state index in [4.69, 9.17) is 9.47 Å². The number of hydrogen-bond acceptors (Lipinski definition) is 4. The average molecular weight is 321 g/mol. The largest absolute Gasteiger partial charge is 0.494 e. The first-order valence-corrected chi connectivity index (χ1v) is 7.89. The molecule has 1 heterocycles. The highest BCUT2D eigenvalue weighted by molar-refractivity contribution is 5.87. The number of ether oxygens (including phenoxy) is 2. The van der Waals surface area contributed by atoms with Crippen LogP contribution in [0.25, 0.3) is 0 Å². The van der Waals surface area contributed by atoms with Crippen LogP contribution in [-0.2, 0) is 20.7 Å². The smallest absolute Gasteiger partial charge is 0.329 e. The minimum atomic E-state index is -1.19. The molecule has 0 saturated carbocycles. The van der Waals surface area contributed by atoms with Gasteiger partial charge in [0.05, 0.1) is 6.61 Å². The van der Waals surface area contributed by atoms with E-state index in [1.807, 2.05) is 31.2 Å². The summed E-state index contributed by atoms with van der Waals surface area (Å²) in [6.45, 7) is 3.24. The molecule has 0 aromatic heterocycles. The summed E-state index contributed by atoms with van der Waals surface area (Å²) in [5.74, 6) is -0.439. The first-order chi connectivity index (χ1) is 11.1. The standard InChI is InChI=1S/C17H23NO5/c1-2-23-14-6-3-13(4-7-14)5-8-15(19)18-17(16(20)21)9-11-22-12-10-17/h3-4,6-7H,2,5,8-12H2,1H3,(H,18,19)(H,20,21). The number of nitrogens with one attached hydrogen (secondary N) is 1. The Morgan fingerprint density at radius 3 is 2.48 bits per heavy atom. The van der Waals surface area contributed by atoms with E-state index < -0.39 is 11.5 Å². The lowest BCUT2D eigenvalue weighted by atomic mass is 9.90. The maximum absolute atomic E-state index is 12.1. The Kier molecular flexibility index (Phi) is 5.98. The third-order valence-corrected chi connectivity index (χ3v) is 4.01. The Hall–Kier alpha value is -2.08. The molecule has 0 atom stereocenters. The molecule has 1 aliphatic heterocycles. The molecule has 1 fully saturated rings. The molecule has 2 rings (SSSR count). The molecule has 6 nitrogen and oxygen atoms in total. The SMILES string of the molecule is CCOc1ccc(CCC(=O)NC2(C(=O)O)CCOCC2)cc1. The van der Waals surface area contributed by atoms with Crippen LogP contribution in [0.15, 0.2) is 24.3 Å². The zero-order chi connectivity index (χ0) is 16.7. The van der Waals surface area contributed by atoms with Crippen LogP contribution >= 0.6 is 0 Å². The number of hydrogen-bond donors (Lipinski definition) is 2. The van der Waals surface area contributed by atoms with E-state index in [-0.39, 0.29) is 12.3 Å². The van der Waals surface area contributed by atoms with Gasteiger partial charge < -0.3 is 19.9 Å². The van der Waals surface area contributed by atoms with Crippen LogP contribution in [-0.4, -0.2) is 42.3 Å². The van der Waals surface area contributed by atoms with Crippen molar-refractivity contribution in [2.45, 2.75) is 38.1 Å². The fourth-order valence-electron chi connectivity index (χ4n) is 2.62. The van der Waals surface area contributed by atoms with Crippen LogP contribution in [0.2, 0.25) is 0 Å². The molecular weight excluding hydrogens is 298 g/mol. The summed E-state index contributed by atoms with van der Waals surface area (Å²) in [4.78, 5) is 23.6. The summed E-state index contributed by atoms with van der Waals surface area (Å²) in [6, 6.07) is 7.57. The molecule has 2 N–H and O–H groups in total. The van der Waals surface area contributed by atoms with E-state index >= 15 is 0 Å². The number of amides is 1. The Labute approximate surface area is 135 Å². The van der Waals surface area contributed by atoms with Crippen LogP contribution in [0.5, 0.6) is 5.75 Å². The van der Waals surface area contributed by atoms with Gasteiger partial charge in [0.25, 0.3) is 0 Å². The molecule has 1 aliphatic rings. The highest BCUT2D eigenvalue weighted by Gasteiger charge is 2.41. The van der Waals surface area contributed by atoms with Gasteiger partial charge in [-0.2, -0.15) is 0 Å². The van der Waals surface area contributed by atoms with Gasteiger partial charge in [-0.1, -0.05) is 12.1 Å². The number of carboxylic acids is 1. The van der Waals surface area contributed by atoms with E-state index in [2.05, 4.69) is 5.32 Å². The topological polar surface area (TPSA) is 84.9 Å². The summed E-state index contributed by atoms with van der Waals surface area (Å²) >= 11 is 0. The van der Waals surface area contributed by atoms with Gasteiger partial charge in [-0.05, 0) is 31.0 Å². The molecule has 1 aromatic carbocycles. The van der Waals surface area contributed by atoms with Gasteiger partial charge in [-0.15, -0.1) is 0 Å². The summed E-state index contributed by atoms with van der Waals surface area (Å²) in [7, 11) is 0. The van der Waals surface area contributed by atoms with Crippen LogP contribution in [0.1, 0.15) is 31.7 Å². The van der Waals surface area contributed by atoms with Crippen LogP contribution < -0.4 is 10.1 Å². The second-order valence-corrected chi connectivity index (χ2v) is 5.62. The van der Waals surface area contributed by atoms with E-state index in [9.17, 15) is 14.7 Å². The number of carboxylic acid groups (broad SMARTS) is 1. The molecule has 0 bridgehead atoms. The molecule has 1 aromatic rings. The van der Waals surface area contributed by atoms with E-state index in [1.54, 1.807) is 0 Å². The Balaban J connectivity index is 1.87. The maximum Gasteiger partial charge on any atom is 0.329 e. The molecule has 1 saturated heterocycles. The van der Waals surface area contributed by atoms with Gasteiger partial charge in [-0.25, -0.2) is 4.79 Å². The lowest BCUT2D eigenvalue weighted by molar-refractivity contribution is -0.152. The number of rotatable bonds is 7. The molecule has 1 amide bonds. The van der Waals surface area contributed by atoms with Crippen LogP contribution in [0.4, 0.5) is 0 Å². The first-order valence-electron chi connectivity index (χ1n) is 7.89. The van der Waals surface area contributed by atoms with Gasteiger partial charge in [0.1, 0.15) is 11.3 Å². The summed E-state index contributed by atoms with van der Waals surface area (Å²) < 4.78 is 10.6. The van der Waals surface area contributed by atoms with Crippen LogP contribution in [0, 0.1) is 0 Å². The van der Waals surface area contributed by atoms with Gasteiger partial charge in [-0.3, -0.25) is 4.79 Å². The number of carbonyl (C=O) groups excluding carboxylic acids is 1. The monoisotopic (exact) mass is 321 g/mol. The fraction of sp³-hybridized carbons (Fsp3) is 0.529. The van der Waals surface area contributed by atoms with Gasteiger partial charge in [0.15, 0.2) is 0 Å². The normalized spacial score (nSPS) is 16.6. The zero-order valence-corrected chi connectivity index (χ0v) is 13.3. The second kappa shape index (κ2) is 7.97. The predicted octanol–water partition coefficient (Wildman–Crippen LogP) is 1.77. The van der Waals surface area contributed by atoms with Crippen molar-refractivity contribution in [3.05, 3.63) is 29.8 Å². The van der Waals surface area contributed by atoms with Crippen LogP contribution in [0.3, 0.4) is 0 Å². The summed E-state index contributed by atoms with van der Waals surface area (Å²) in [5, 5.41) is 12.1. The molecule has 6 heteroatoms. The van der Waals surface area contributed by atoms with Crippen molar-refractivity contribution in [2.75, 3.05) is 19.8 Å². The summed E-state index contributed by atoms with van der Waals surface area (Å²) in [5.41, 5.74) is -0.173. The van der Waals surface area contributed by atoms with Crippen molar-refractivity contribution >= 4 is 11.9 Å². The molecule has 0 unspecified atom stereocenters. The van der Waals surface area contributed by atoms with Crippen molar-refractivity contribution < 1.29 is 24.2 Å². The predicted molar refractivity (Wildman–Crippen MR) is 84.5 cm³/mol. The number of aliphatic carboxylic acids is 1. The third kappa shape index (κ3) is 4.69. The zero-order valence-electron chi connectivity index (χ0n) is 13.3. The van der Waals surface area contributed by atoms with Gasteiger partial charge in [0.2, 0.25) is 5.91 Å². The summed E-state index contributed by atoms with van der Waals surface area (Å²) in [6.07, 6.45) is 1.42. The van der Waals surface area contributed by atoms with Gasteiger partial charge in [0, 0.05) is 32.5 Å². The van der Waals surface area contributed by atoms with E-state index in [0.29, 0.717) is 39.1 Å². The Morgan fingerprint density at radius 2 is 1.91 bits per heavy atom. The Bertz CT molecular complexity index is 534. The molecule has 0 spiro atoms. The van der Waals surface area contributed by atoms with Crippen molar-refractivity contribution in [3.63, 3.8) is 0 Å². The van der Waals surface area contributed by atoms with Crippen molar-refractivity contribution in [3.8, 4) is 5.75 Å². The van der Waals surface area contributed by atoms with Crippen molar-refractivity contribution in [1.82, 2.24) is 5.32 Å². The van der Waals surface area contributed by atoms with Crippen molar-refractivity contribution in [2.24, 2.45) is 0 Å².